The van der Waals surface area contributed by atoms with Crippen LogP contribution in [0.15, 0.2) is 95.0 Å². The van der Waals surface area contributed by atoms with Crippen molar-refractivity contribution in [1.82, 2.24) is 0 Å². The first-order valence-electron chi connectivity index (χ1n) is 8.76. The Morgan fingerprint density at radius 1 is 0.481 bits per heavy atom. The maximum absolute atomic E-state index is 2.31. The fourth-order valence-electron chi connectivity index (χ4n) is 3.36. The Morgan fingerprint density at radius 3 is 1.93 bits per heavy atom. The van der Waals surface area contributed by atoms with E-state index in [1.165, 1.54) is 42.4 Å². The van der Waals surface area contributed by atoms with E-state index < -0.39 is 0 Å². The van der Waals surface area contributed by atoms with Crippen molar-refractivity contribution < 1.29 is 0 Å². The highest BCUT2D eigenvalue weighted by Crippen LogP contribution is 2.49. The zero-order chi connectivity index (χ0) is 18.1. The molecule has 0 saturated heterocycles. The van der Waals surface area contributed by atoms with Crippen molar-refractivity contribution in [3.8, 4) is 42.4 Å². The third kappa shape index (κ3) is 3.08. The fourth-order valence-corrected chi connectivity index (χ4v) is 6.35. The molecule has 0 aliphatic heterocycles. The number of thiophene rings is 3. The smallest absolute Gasteiger partial charge is 0.0529 e. The normalized spacial score (nSPS) is 11.0. The minimum Gasteiger partial charge on any atom is -0.143 e. The lowest BCUT2D eigenvalue weighted by Crippen LogP contribution is -1.83. The molecule has 3 heterocycles. The highest BCUT2D eigenvalue weighted by Gasteiger charge is 2.20. The molecule has 5 aromatic rings. The predicted molar refractivity (Wildman–Crippen MR) is 122 cm³/mol. The lowest BCUT2D eigenvalue weighted by Gasteiger charge is -2.09. The average Bonchev–Trinajstić information content (AvgIpc) is 3.48. The van der Waals surface area contributed by atoms with E-state index in [1.807, 2.05) is 34.0 Å². The van der Waals surface area contributed by atoms with Crippen LogP contribution in [0.3, 0.4) is 0 Å². The van der Waals surface area contributed by atoms with E-state index >= 15 is 0 Å². The second-order valence-corrected chi connectivity index (χ2v) is 8.97. The highest BCUT2D eigenvalue weighted by molar-refractivity contribution is 7.21. The monoisotopic (exact) mass is 400 g/mol. The summed E-state index contributed by atoms with van der Waals surface area (Å²) < 4.78 is 0. The van der Waals surface area contributed by atoms with Crippen LogP contribution in [0.2, 0.25) is 0 Å². The van der Waals surface area contributed by atoms with Crippen LogP contribution in [0, 0.1) is 0 Å². The summed E-state index contributed by atoms with van der Waals surface area (Å²) in [5.41, 5.74) is 6.53. The zero-order valence-electron chi connectivity index (χ0n) is 14.5. The lowest BCUT2D eigenvalue weighted by molar-refractivity contribution is 1.63. The van der Waals surface area contributed by atoms with Crippen LogP contribution in [0.25, 0.3) is 42.4 Å². The molecule has 3 heteroatoms. The largest absolute Gasteiger partial charge is 0.143 e. The summed E-state index contributed by atoms with van der Waals surface area (Å²) in [4.78, 5) is 4.06. The van der Waals surface area contributed by atoms with Gasteiger partial charge >= 0.3 is 0 Å². The Morgan fingerprint density at radius 2 is 1.22 bits per heavy atom. The van der Waals surface area contributed by atoms with Crippen molar-refractivity contribution in [3.05, 3.63) is 95.0 Å². The Bertz CT molecular complexity index is 1150. The van der Waals surface area contributed by atoms with Crippen molar-refractivity contribution in [2.24, 2.45) is 0 Å². The van der Waals surface area contributed by atoms with Crippen LogP contribution in [-0.4, -0.2) is 0 Å². The van der Waals surface area contributed by atoms with Gasteiger partial charge in [-0.05, 0) is 39.4 Å². The van der Waals surface area contributed by atoms with Gasteiger partial charge in [-0.15, -0.1) is 34.0 Å². The van der Waals surface area contributed by atoms with Gasteiger partial charge in [0.05, 0.1) is 4.88 Å². The Hall–Kier alpha value is -2.46. The maximum atomic E-state index is 2.31. The second-order valence-electron chi connectivity index (χ2n) is 6.23. The SMILES string of the molecule is c1ccc(-c2csc(-c3ccsc3-c3cccs3)c2-c2ccccc2)cc1. The second kappa shape index (κ2) is 7.28. The van der Waals surface area contributed by atoms with Crippen molar-refractivity contribution in [1.29, 1.82) is 0 Å². The molecule has 0 unspecified atom stereocenters. The third-order valence-corrected chi connectivity index (χ3v) is 7.57. The maximum Gasteiger partial charge on any atom is 0.0529 e. The topological polar surface area (TPSA) is 0 Å². The first-order chi connectivity index (χ1) is 13.4. The van der Waals surface area contributed by atoms with Gasteiger partial charge in [0.25, 0.3) is 0 Å². The lowest BCUT2D eigenvalue weighted by atomic mass is 9.95. The molecule has 0 nitrogen and oxygen atoms in total. The molecule has 2 aromatic carbocycles. The van der Waals surface area contributed by atoms with Gasteiger partial charge in [-0.2, -0.15) is 0 Å². The molecule has 0 aliphatic rings. The van der Waals surface area contributed by atoms with Crippen molar-refractivity contribution in [2.45, 2.75) is 0 Å². The summed E-state index contributed by atoms with van der Waals surface area (Å²) in [5, 5.41) is 6.67. The molecular weight excluding hydrogens is 384 g/mol. The standard InChI is InChI=1S/C24H16S3/c1-3-8-17(9-4-1)20-16-27-24(22(20)18-10-5-2-6-11-18)19-13-15-26-23(19)21-12-7-14-25-21/h1-16H. The molecule has 0 N–H and O–H groups in total. The van der Waals surface area contributed by atoms with E-state index in [1.54, 1.807) is 0 Å². The summed E-state index contributed by atoms with van der Waals surface area (Å²) in [6.07, 6.45) is 0. The van der Waals surface area contributed by atoms with Gasteiger partial charge in [0.2, 0.25) is 0 Å². The Kier molecular flexibility index (Phi) is 4.50. The van der Waals surface area contributed by atoms with Gasteiger partial charge in [0.15, 0.2) is 0 Å². The molecule has 3 aromatic heterocycles. The van der Waals surface area contributed by atoms with Crippen LogP contribution < -0.4 is 0 Å². The number of rotatable bonds is 4. The van der Waals surface area contributed by atoms with Crippen molar-refractivity contribution >= 4 is 34.0 Å². The fraction of sp³-hybridized carbons (Fsp3) is 0. The van der Waals surface area contributed by atoms with E-state index in [-0.39, 0.29) is 0 Å². The van der Waals surface area contributed by atoms with Crippen molar-refractivity contribution in [3.63, 3.8) is 0 Å². The molecule has 27 heavy (non-hydrogen) atoms. The van der Waals surface area contributed by atoms with Gasteiger partial charge in [-0.25, -0.2) is 0 Å². The summed E-state index contributed by atoms with van der Waals surface area (Å²) >= 11 is 5.48. The van der Waals surface area contributed by atoms with Gasteiger partial charge < -0.3 is 0 Å². The van der Waals surface area contributed by atoms with E-state index in [2.05, 4.69) is 95.0 Å². The number of benzene rings is 2. The first-order valence-corrected chi connectivity index (χ1v) is 11.4. The van der Waals surface area contributed by atoms with Gasteiger partial charge in [-0.3, -0.25) is 0 Å². The van der Waals surface area contributed by atoms with Crippen LogP contribution >= 0.6 is 34.0 Å². The van der Waals surface area contributed by atoms with Crippen LogP contribution in [-0.2, 0) is 0 Å². The highest BCUT2D eigenvalue weighted by atomic mass is 32.1. The third-order valence-electron chi connectivity index (χ3n) is 4.59. The molecule has 0 aliphatic carbocycles. The summed E-state index contributed by atoms with van der Waals surface area (Å²) in [5.74, 6) is 0. The minimum absolute atomic E-state index is 1.27. The summed E-state index contributed by atoms with van der Waals surface area (Å²) in [7, 11) is 0. The first kappa shape index (κ1) is 16.7. The van der Waals surface area contributed by atoms with Gasteiger partial charge in [0.1, 0.15) is 0 Å². The molecule has 0 radical (unpaired) electrons. The van der Waals surface area contributed by atoms with E-state index in [0.717, 1.165) is 0 Å². The van der Waals surface area contributed by atoms with Crippen LogP contribution in [0.1, 0.15) is 0 Å². The van der Waals surface area contributed by atoms with Crippen molar-refractivity contribution in [2.75, 3.05) is 0 Å². The van der Waals surface area contributed by atoms with E-state index in [9.17, 15) is 0 Å². The van der Waals surface area contributed by atoms with Crippen LogP contribution in [0.4, 0.5) is 0 Å². The van der Waals surface area contributed by atoms with Gasteiger partial charge in [0, 0.05) is 26.4 Å². The predicted octanol–water partition coefficient (Wildman–Crippen LogP) is 8.54. The quantitative estimate of drug-likeness (QED) is 0.283. The number of hydrogen-bond donors (Lipinski definition) is 0. The molecule has 0 atom stereocenters. The van der Waals surface area contributed by atoms with E-state index in [4.69, 9.17) is 0 Å². The number of hydrogen-bond acceptors (Lipinski definition) is 3. The Labute approximate surface area is 171 Å². The molecule has 0 saturated carbocycles. The average molecular weight is 401 g/mol. The Balaban J connectivity index is 1.76. The molecule has 0 amide bonds. The molecule has 0 spiro atoms. The van der Waals surface area contributed by atoms with Gasteiger partial charge in [-0.1, -0.05) is 66.7 Å². The van der Waals surface area contributed by atoms with Crippen LogP contribution in [0.5, 0.6) is 0 Å². The van der Waals surface area contributed by atoms with E-state index in [0.29, 0.717) is 0 Å². The zero-order valence-corrected chi connectivity index (χ0v) is 16.9. The molecule has 0 bridgehead atoms. The molecular formula is C24H16S3. The molecule has 130 valence electrons. The molecule has 0 fully saturated rings. The molecule has 5 rings (SSSR count). The minimum atomic E-state index is 1.27. The summed E-state index contributed by atoms with van der Waals surface area (Å²) in [6.45, 7) is 0. The summed E-state index contributed by atoms with van der Waals surface area (Å²) in [6, 6.07) is 28.1.